The Kier molecular flexibility index (Phi) is 6.43. The van der Waals surface area contributed by atoms with Crippen molar-refractivity contribution in [2.24, 2.45) is 0 Å². The van der Waals surface area contributed by atoms with Crippen molar-refractivity contribution < 1.29 is 0 Å². The lowest BCUT2D eigenvalue weighted by Gasteiger charge is -2.17. The second-order valence-electron chi connectivity index (χ2n) is 11.7. The lowest BCUT2D eigenvalue weighted by Crippen LogP contribution is -1.97. The molecule has 3 heterocycles. The van der Waals surface area contributed by atoms with Crippen LogP contribution >= 0.6 is 0 Å². The van der Waals surface area contributed by atoms with Gasteiger partial charge >= 0.3 is 0 Å². The Labute approximate surface area is 272 Å². The Hall–Kier alpha value is -6.39. The molecule has 47 heavy (non-hydrogen) atoms. The van der Waals surface area contributed by atoms with Crippen LogP contribution in [0.1, 0.15) is 0 Å². The van der Waals surface area contributed by atoms with Gasteiger partial charge in [-0.25, -0.2) is 4.98 Å². The molecule has 6 aromatic carbocycles. The quantitative estimate of drug-likeness (QED) is 0.185. The van der Waals surface area contributed by atoms with Gasteiger partial charge in [0.25, 0.3) is 0 Å². The molecular formula is C43H28N4. The normalized spacial score (nSPS) is 11.4. The number of para-hydroxylation sites is 3. The van der Waals surface area contributed by atoms with Crippen LogP contribution in [0.3, 0.4) is 0 Å². The van der Waals surface area contributed by atoms with Gasteiger partial charge in [-0.1, -0.05) is 103 Å². The number of rotatable bonds is 5. The van der Waals surface area contributed by atoms with Crippen LogP contribution in [0.15, 0.2) is 170 Å². The standard InChI is InChI=1S/C43H28N4/c1-2-12-32(13-3-1)47-40-19-7-6-16-37(40)46-43(47)30-22-20-29(21-23-30)31-24-25-35-36(28-31)42(39-18-9-11-27-45-39)34-15-5-4-14-33(34)41(35)38-17-8-10-26-44-38/h1-28H. The van der Waals surface area contributed by atoms with Crippen molar-refractivity contribution in [2.75, 3.05) is 0 Å². The van der Waals surface area contributed by atoms with E-state index in [0.717, 1.165) is 83.3 Å². The molecule has 0 saturated carbocycles. The summed E-state index contributed by atoms with van der Waals surface area (Å²) in [6, 6.07) is 55.1. The van der Waals surface area contributed by atoms with E-state index in [-0.39, 0.29) is 0 Å². The Morgan fingerprint density at radius 3 is 1.64 bits per heavy atom. The topological polar surface area (TPSA) is 43.6 Å². The minimum atomic E-state index is 0.923. The molecule has 3 aromatic heterocycles. The average Bonchev–Trinajstić information content (AvgIpc) is 3.54. The van der Waals surface area contributed by atoms with Gasteiger partial charge < -0.3 is 0 Å². The van der Waals surface area contributed by atoms with Crippen molar-refractivity contribution in [1.29, 1.82) is 0 Å². The predicted molar refractivity (Wildman–Crippen MR) is 193 cm³/mol. The molecule has 0 bridgehead atoms. The number of fused-ring (bicyclic) bond motifs is 3. The summed E-state index contributed by atoms with van der Waals surface area (Å²) in [4.78, 5) is 14.7. The molecule has 0 aliphatic rings. The summed E-state index contributed by atoms with van der Waals surface area (Å²) in [6.45, 7) is 0. The number of imidazole rings is 1. The first-order valence-electron chi connectivity index (χ1n) is 15.8. The lowest BCUT2D eigenvalue weighted by molar-refractivity contribution is 1.10. The van der Waals surface area contributed by atoms with E-state index in [1.807, 2.05) is 36.7 Å². The first kappa shape index (κ1) is 27.0. The van der Waals surface area contributed by atoms with Crippen molar-refractivity contribution in [2.45, 2.75) is 0 Å². The summed E-state index contributed by atoms with van der Waals surface area (Å²) in [5, 5.41) is 4.62. The van der Waals surface area contributed by atoms with Gasteiger partial charge in [0, 0.05) is 34.8 Å². The molecule has 220 valence electrons. The monoisotopic (exact) mass is 600 g/mol. The summed E-state index contributed by atoms with van der Waals surface area (Å²) < 4.78 is 2.24. The van der Waals surface area contributed by atoms with Crippen LogP contribution in [0.25, 0.3) is 83.3 Å². The summed E-state index contributed by atoms with van der Waals surface area (Å²) >= 11 is 0. The van der Waals surface area contributed by atoms with Gasteiger partial charge in [0.05, 0.1) is 22.4 Å². The molecule has 0 radical (unpaired) electrons. The summed E-state index contributed by atoms with van der Waals surface area (Å²) in [7, 11) is 0. The molecule has 9 rings (SSSR count). The largest absolute Gasteiger partial charge is 0.292 e. The van der Waals surface area contributed by atoms with Crippen molar-refractivity contribution in [3.05, 3.63) is 170 Å². The maximum Gasteiger partial charge on any atom is 0.145 e. The summed E-state index contributed by atoms with van der Waals surface area (Å²) in [5.74, 6) is 0.923. The highest BCUT2D eigenvalue weighted by molar-refractivity contribution is 6.21. The number of hydrogen-bond donors (Lipinski definition) is 0. The van der Waals surface area contributed by atoms with Gasteiger partial charge in [-0.3, -0.25) is 14.5 Å². The molecule has 4 nitrogen and oxygen atoms in total. The zero-order chi connectivity index (χ0) is 31.2. The Morgan fingerprint density at radius 1 is 0.404 bits per heavy atom. The number of aromatic nitrogens is 4. The van der Waals surface area contributed by atoms with Crippen LogP contribution in [-0.4, -0.2) is 19.5 Å². The minimum absolute atomic E-state index is 0.923. The van der Waals surface area contributed by atoms with Gasteiger partial charge in [0.15, 0.2) is 0 Å². The second kappa shape index (κ2) is 11.2. The molecule has 0 unspecified atom stereocenters. The van der Waals surface area contributed by atoms with Crippen molar-refractivity contribution in [1.82, 2.24) is 19.5 Å². The van der Waals surface area contributed by atoms with Crippen LogP contribution in [0.5, 0.6) is 0 Å². The van der Waals surface area contributed by atoms with Crippen molar-refractivity contribution in [3.63, 3.8) is 0 Å². The Bertz CT molecular complexity index is 2540. The SMILES string of the molecule is c1ccc(-n2c(-c3ccc(-c4ccc5c(-c6ccccn6)c6ccccc6c(-c6ccccn6)c5c4)cc3)nc3ccccc32)cc1. The molecule has 0 aliphatic carbocycles. The third kappa shape index (κ3) is 4.58. The Morgan fingerprint density at radius 2 is 0.957 bits per heavy atom. The van der Waals surface area contributed by atoms with Gasteiger partial charge in [0.2, 0.25) is 0 Å². The molecule has 0 atom stereocenters. The first-order valence-corrected chi connectivity index (χ1v) is 15.8. The van der Waals surface area contributed by atoms with Crippen LogP contribution in [-0.2, 0) is 0 Å². The van der Waals surface area contributed by atoms with E-state index in [2.05, 4.69) is 138 Å². The number of pyridine rings is 2. The molecule has 0 fully saturated rings. The smallest absolute Gasteiger partial charge is 0.145 e. The third-order valence-corrected chi connectivity index (χ3v) is 8.92. The highest BCUT2D eigenvalue weighted by atomic mass is 15.1. The molecule has 9 aromatic rings. The molecule has 0 saturated heterocycles. The fourth-order valence-electron chi connectivity index (χ4n) is 6.80. The average molecular weight is 601 g/mol. The molecule has 0 N–H and O–H groups in total. The predicted octanol–water partition coefficient (Wildman–Crippen LogP) is 10.8. The zero-order valence-corrected chi connectivity index (χ0v) is 25.5. The van der Waals surface area contributed by atoms with Gasteiger partial charge in [0.1, 0.15) is 5.82 Å². The van der Waals surface area contributed by atoms with E-state index in [1.54, 1.807) is 0 Å². The van der Waals surface area contributed by atoms with Gasteiger partial charge in [-0.15, -0.1) is 0 Å². The van der Waals surface area contributed by atoms with E-state index in [0.29, 0.717) is 0 Å². The highest BCUT2D eigenvalue weighted by Crippen LogP contribution is 2.44. The maximum atomic E-state index is 5.07. The van der Waals surface area contributed by atoms with Crippen LogP contribution in [0.2, 0.25) is 0 Å². The highest BCUT2D eigenvalue weighted by Gasteiger charge is 2.19. The number of nitrogens with zero attached hydrogens (tertiary/aromatic N) is 4. The lowest BCUT2D eigenvalue weighted by atomic mass is 9.87. The second-order valence-corrected chi connectivity index (χ2v) is 11.7. The van der Waals surface area contributed by atoms with E-state index >= 15 is 0 Å². The van der Waals surface area contributed by atoms with Crippen molar-refractivity contribution >= 4 is 32.6 Å². The fraction of sp³-hybridized carbons (Fsp3) is 0. The van der Waals surface area contributed by atoms with Gasteiger partial charge in [-0.2, -0.15) is 0 Å². The van der Waals surface area contributed by atoms with Crippen molar-refractivity contribution in [3.8, 4) is 50.7 Å². The third-order valence-electron chi connectivity index (χ3n) is 8.92. The van der Waals surface area contributed by atoms with Crippen LogP contribution in [0, 0.1) is 0 Å². The number of benzene rings is 6. The zero-order valence-electron chi connectivity index (χ0n) is 25.5. The van der Waals surface area contributed by atoms with E-state index < -0.39 is 0 Å². The van der Waals surface area contributed by atoms with Crippen LogP contribution < -0.4 is 0 Å². The molecular weight excluding hydrogens is 573 g/mol. The fourth-order valence-corrected chi connectivity index (χ4v) is 6.80. The Balaban J connectivity index is 1.23. The first-order chi connectivity index (χ1) is 23.3. The van der Waals surface area contributed by atoms with Crippen LogP contribution in [0.4, 0.5) is 0 Å². The summed E-state index contributed by atoms with van der Waals surface area (Å²) in [5.41, 5.74) is 10.7. The van der Waals surface area contributed by atoms with E-state index in [4.69, 9.17) is 15.0 Å². The minimum Gasteiger partial charge on any atom is -0.292 e. The maximum absolute atomic E-state index is 5.07. The number of hydrogen-bond acceptors (Lipinski definition) is 3. The van der Waals surface area contributed by atoms with Gasteiger partial charge in [-0.05, 0) is 87.3 Å². The van der Waals surface area contributed by atoms with E-state index in [9.17, 15) is 0 Å². The van der Waals surface area contributed by atoms with E-state index in [1.165, 1.54) is 0 Å². The molecule has 4 heteroatoms. The summed E-state index contributed by atoms with van der Waals surface area (Å²) in [6.07, 6.45) is 3.73. The molecule has 0 spiro atoms. The molecule has 0 amide bonds. The molecule has 0 aliphatic heterocycles.